The summed E-state index contributed by atoms with van der Waals surface area (Å²) >= 11 is 0. The van der Waals surface area contributed by atoms with Gasteiger partial charge in [0.25, 0.3) is 0 Å². The Bertz CT molecular complexity index is 765. The van der Waals surface area contributed by atoms with Gasteiger partial charge in [-0.05, 0) is 42.7 Å². The van der Waals surface area contributed by atoms with Gasteiger partial charge in [0.15, 0.2) is 0 Å². The van der Waals surface area contributed by atoms with Crippen LogP contribution < -0.4 is 0 Å². The third-order valence-electron chi connectivity index (χ3n) is 3.60. The number of benzene rings is 1. The summed E-state index contributed by atoms with van der Waals surface area (Å²) in [4.78, 5) is 14.3. The van der Waals surface area contributed by atoms with E-state index >= 15 is 0 Å². The summed E-state index contributed by atoms with van der Waals surface area (Å²) in [5.41, 5.74) is -3.17. The Kier molecular flexibility index (Phi) is 3.17. The van der Waals surface area contributed by atoms with Crippen molar-refractivity contribution in [1.29, 1.82) is 0 Å². The standard InChI is InChI=1S/C15H10F3NO3/c16-8-1-2-11(14(20)21)19-13(8)12-9(17)5-7(6-10(12)18)15(22)3-4-15/h1-2,5-6,22H,3-4H2,(H,20,21). The summed E-state index contributed by atoms with van der Waals surface area (Å²) in [5.74, 6) is -4.69. The second kappa shape index (κ2) is 4.81. The number of aliphatic hydroxyl groups is 1. The number of aromatic carboxylic acids is 1. The maximum absolute atomic E-state index is 14.2. The predicted octanol–water partition coefficient (Wildman–Crippen LogP) is 2.85. The number of nitrogens with zero attached hydrogens (tertiary/aromatic N) is 1. The van der Waals surface area contributed by atoms with E-state index < -0.39 is 46.0 Å². The largest absolute Gasteiger partial charge is 0.477 e. The molecule has 2 N–H and O–H groups in total. The van der Waals surface area contributed by atoms with Crippen LogP contribution in [-0.2, 0) is 5.60 Å². The van der Waals surface area contributed by atoms with Crippen molar-refractivity contribution < 1.29 is 28.2 Å². The number of carboxylic acid groups (broad SMARTS) is 1. The molecule has 0 unspecified atom stereocenters. The molecule has 0 bridgehead atoms. The SMILES string of the molecule is O=C(O)c1ccc(F)c(-c2c(F)cc(C3(O)CC3)cc2F)n1. The van der Waals surface area contributed by atoms with Gasteiger partial charge in [-0.2, -0.15) is 0 Å². The molecule has 0 amide bonds. The predicted molar refractivity (Wildman–Crippen MR) is 69.6 cm³/mol. The van der Waals surface area contributed by atoms with Crippen LogP contribution in [0, 0.1) is 17.5 Å². The number of halogens is 3. The molecule has 2 aromatic rings. The Morgan fingerprint density at radius 1 is 1.09 bits per heavy atom. The van der Waals surface area contributed by atoms with E-state index in [0.29, 0.717) is 12.8 Å². The summed E-state index contributed by atoms with van der Waals surface area (Å²) in [6.45, 7) is 0. The fourth-order valence-corrected chi connectivity index (χ4v) is 2.21. The van der Waals surface area contributed by atoms with Gasteiger partial charge in [-0.25, -0.2) is 22.9 Å². The lowest BCUT2D eigenvalue weighted by Gasteiger charge is -2.12. The molecule has 0 spiro atoms. The molecule has 114 valence electrons. The quantitative estimate of drug-likeness (QED) is 0.914. The Morgan fingerprint density at radius 2 is 1.68 bits per heavy atom. The maximum Gasteiger partial charge on any atom is 0.354 e. The van der Waals surface area contributed by atoms with E-state index in [1.165, 1.54) is 0 Å². The molecular weight excluding hydrogens is 299 g/mol. The van der Waals surface area contributed by atoms with Crippen LogP contribution in [0.4, 0.5) is 13.2 Å². The van der Waals surface area contributed by atoms with Crippen molar-refractivity contribution in [2.24, 2.45) is 0 Å². The molecule has 3 rings (SSSR count). The van der Waals surface area contributed by atoms with Crippen LogP contribution in [0.5, 0.6) is 0 Å². The fraction of sp³-hybridized carbons (Fsp3) is 0.200. The normalized spacial score (nSPS) is 15.6. The van der Waals surface area contributed by atoms with E-state index in [-0.39, 0.29) is 5.56 Å². The van der Waals surface area contributed by atoms with Gasteiger partial charge in [-0.1, -0.05) is 0 Å². The average Bonchev–Trinajstić information content (AvgIpc) is 3.19. The minimum absolute atomic E-state index is 0.0704. The molecule has 0 saturated heterocycles. The Balaban J connectivity index is 2.16. The highest BCUT2D eigenvalue weighted by atomic mass is 19.1. The summed E-state index contributed by atoms with van der Waals surface area (Å²) in [6.07, 6.45) is 0.790. The lowest BCUT2D eigenvalue weighted by atomic mass is 10.0. The van der Waals surface area contributed by atoms with Crippen LogP contribution in [0.15, 0.2) is 24.3 Å². The van der Waals surface area contributed by atoms with E-state index in [4.69, 9.17) is 5.11 Å². The van der Waals surface area contributed by atoms with Crippen LogP contribution in [0.25, 0.3) is 11.3 Å². The number of hydrogen-bond acceptors (Lipinski definition) is 3. The molecule has 1 heterocycles. The van der Waals surface area contributed by atoms with Gasteiger partial charge in [0.1, 0.15) is 28.8 Å². The molecule has 0 radical (unpaired) electrons. The lowest BCUT2D eigenvalue weighted by molar-refractivity contribution is 0.0690. The van der Waals surface area contributed by atoms with Gasteiger partial charge in [0.2, 0.25) is 0 Å². The monoisotopic (exact) mass is 309 g/mol. The number of carboxylic acids is 1. The summed E-state index contributed by atoms with van der Waals surface area (Å²) in [6, 6.07) is 3.52. The summed E-state index contributed by atoms with van der Waals surface area (Å²) in [5, 5.41) is 18.7. The Labute approximate surface area is 122 Å². The summed E-state index contributed by atoms with van der Waals surface area (Å²) < 4.78 is 42.1. The van der Waals surface area contributed by atoms with E-state index in [1.54, 1.807) is 0 Å². The first-order valence-electron chi connectivity index (χ1n) is 6.44. The maximum atomic E-state index is 14.2. The summed E-state index contributed by atoms with van der Waals surface area (Å²) in [7, 11) is 0. The van der Waals surface area contributed by atoms with Crippen molar-refractivity contribution in [2.75, 3.05) is 0 Å². The molecular formula is C15H10F3NO3. The smallest absolute Gasteiger partial charge is 0.354 e. The highest BCUT2D eigenvalue weighted by Gasteiger charge is 2.43. The van der Waals surface area contributed by atoms with Crippen LogP contribution in [0.1, 0.15) is 28.9 Å². The third-order valence-corrected chi connectivity index (χ3v) is 3.60. The zero-order chi connectivity index (χ0) is 16.1. The molecule has 0 atom stereocenters. The van der Waals surface area contributed by atoms with Crippen LogP contribution in [-0.4, -0.2) is 21.2 Å². The third kappa shape index (κ3) is 2.33. The first kappa shape index (κ1) is 14.5. The van der Waals surface area contributed by atoms with Crippen molar-refractivity contribution in [2.45, 2.75) is 18.4 Å². The fourth-order valence-electron chi connectivity index (χ4n) is 2.21. The van der Waals surface area contributed by atoms with Crippen molar-refractivity contribution in [3.05, 3.63) is 53.0 Å². The second-order valence-electron chi connectivity index (χ2n) is 5.18. The lowest BCUT2D eigenvalue weighted by Crippen LogP contribution is -2.08. The molecule has 1 aliphatic rings. The van der Waals surface area contributed by atoms with Gasteiger partial charge in [0, 0.05) is 0 Å². The van der Waals surface area contributed by atoms with E-state index in [2.05, 4.69) is 4.98 Å². The molecule has 1 saturated carbocycles. The van der Waals surface area contributed by atoms with Gasteiger partial charge >= 0.3 is 5.97 Å². The molecule has 22 heavy (non-hydrogen) atoms. The molecule has 7 heteroatoms. The van der Waals surface area contributed by atoms with Gasteiger partial charge in [-0.15, -0.1) is 0 Å². The number of hydrogen-bond donors (Lipinski definition) is 2. The van der Waals surface area contributed by atoms with Crippen molar-refractivity contribution in [1.82, 2.24) is 4.98 Å². The van der Waals surface area contributed by atoms with Crippen LogP contribution >= 0.6 is 0 Å². The number of rotatable bonds is 3. The minimum Gasteiger partial charge on any atom is -0.477 e. The number of carbonyl (C=O) groups is 1. The second-order valence-corrected chi connectivity index (χ2v) is 5.18. The highest BCUT2D eigenvalue weighted by Crippen LogP contribution is 2.46. The zero-order valence-electron chi connectivity index (χ0n) is 11.1. The Morgan fingerprint density at radius 3 is 2.18 bits per heavy atom. The number of pyridine rings is 1. The highest BCUT2D eigenvalue weighted by molar-refractivity contribution is 5.86. The van der Waals surface area contributed by atoms with Crippen LogP contribution in [0.3, 0.4) is 0 Å². The van der Waals surface area contributed by atoms with E-state index in [1.807, 2.05) is 0 Å². The van der Waals surface area contributed by atoms with Crippen molar-refractivity contribution in [3.8, 4) is 11.3 Å². The molecule has 1 aromatic carbocycles. The average molecular weight is 309 g/mol. The van der Waals surface area contributed by atoms with Gasteiger partial charge in [0.05, 0.1) is 11.2 Å². The van der Waals surface area contributed by atoms with Gasteiger partial charge < -0.3 is 10.2 Å². The van der Waals surface area contributed by atoms with Crippen LogP contribution in [0.2, 0.25) is 0 Å². The molecule has 0 aliphatic heterocycles. The number of aromatic nitrogens is 1. The first-order valence-corrected chi connectivity index (χ1v) is 6.44. The molecule has 1 aromatic heterocycles. The topological polar surface area (TPSA) is 70.4 Å². The molecule has 4 nitrogen and oxygen atoms in total. The van der Waals surface area contributed by atoms with Crippen molar-refractivity contribution in [3.63, 3.8) is 0 Å². The molecule has 1 aliphatic carbocycles. The van der Waals surface area contributed by atoms with E-state index in [9.17, 15) is 23.1 Å². The van der Waals surface area contributed by atoms with Gasteiger partial charge in [-0.3, -0.25) is 0 Å². The minimum atomic E-state index is -1.44. The zero-order valence-corrected chi connectivity index (χ0v) is 11.1. The Hall–Kier alpha value is -2.41. The van der Waals surface area contributed by atoms with Crippen molar-refractivity contribution >= 4 is 5.97 Å². The van der Waals surface area contributed by atoms with E-state index in [0.717, 1.165) is 24.3 Å². The molecule has 1 fully saturated rings. The first-order chi connectivity index (χ1) is 10.3.